The van der Waals surface area contributed by atoms with Crippen LogP contribution in [0.4, 0.5) is 0 Å². The predicted molar refractivity (Wildman–Crippen MR) is 113 cm³/mol. The van der Waals surface area contributed by atoms with Crippen LogP contribution in [-0.2, 0) is 6.42 Å². The summed E-state index contributed by atoms with van der Waals surface area (Å²) in [5, 5.41) is 11.4. The Hall–Kier alpha value is -3.64. The Labute approximate surface area is 170 Å². The molecule has 0 amide bonds. The Morgan fingerprint density at radius 1 is 0.867 bits per heavy atom. The fourth-order valence-corrected chi connectivity index (χ4v) is 5.28. The van der Waals surface area contributed by atoms with Gasteiger partial charge in [-0.15, -0.1) is 0 Å². The van der Waals surface area contributed by atoms with Gasteiger partial charge in [0.15, 0.2) is 5.43 Å². The molecular weight excluding hydrogens is 376 g/mol. The van der Waals surface area contributed by atoms with Crippen LogP contribution in [0.5, 0.6) is 0 Å². The third-order valence-corrected chi connectivity index (χ3v) is 6.53. The summed E-state index contributed by atoms with van der Waals surface area (Å²) in [6.45, 7) is 0. The minimum Gasteiger partial charge on any atom is -0.390 e. The highest BCUT2D eigenvalue weighted by atomic mass is 16.3. The molecular formula is C24H16N4O2. The van der Waals surface area contributed by atoms with Crippen molar-refractivity contribution in [1.29, 1.82) is 0 Å². The molecule has 0 saturated heterocycles. The summed E-state index contributed by atoms with van der Waals surface area (Å²) >= 11 is 0. The molecule has 6 nitrogen and oxygen atoms in total. The second kappa shape index (κ2) is 5.49. The van der Waals surface area contributed by atoms with E-state index < -0.39 is 12.1 Å². The number of aliphatic hydroxyl groups excluding tert-OH is 1. The molecule has 0 spiro atoms. The monoisotopic (exact) mass is 392 g/mol. The van der Waals surface area contributed by atoms with Crippen molar-refractivity contribution in [3.8, 4) is 11.4 Å². The Bertz CT molecular complexity index is 1540. The largest absolute Gasteiger partial charge is 0.390 e. The molecule has 2 aliphatic heterocycles. The van der Waals surface area contributed by atoms with Gasteiger partial charge in [0.1, 0.15) is 6.04 Å². The van der Waals surface area contributed by atoms with Crippen molar-refractivity contribution in [1.82, 2.24) is 19.5 Å². The van der Waals surface area contributed by atoms with E-state index in [0.717, 1.165) is 44.8 Å². The van der Waals surface area contributed by atoms with Crippen molar-refractivity contribution in [2.45, 2.75) is 24.5 Å². The van der Waals surface area contributed by atoms with Gasteiger partial charge >= 0.3 is 0 Å². The van der Waals surface area contributed by atoms with Gasteiger partial charge < -0.3 is 9.67 Å². The number of rotatable bonds is 0. The molecule has 3 heterocycles. The van der Waals surface area contributed by atoms with Gasteiger partial charge in [0, 0.05) is 17.9 Å². The zero-order valence-corrected chi connectivity index (χ0v) is 15.9. The van der Waals surface area contributed by atoms with Gasteiger partial charge in [-0.25, -0.2) is 15.0 Å². The quantitative estimate of drug-likeness (QED) is 0.410. The lowest BCUT2D eigenvalue weighted by Crippen LogP contribution is -2.45. The summed E-state index contributed by atoms with van der Waals surface area (Å²) in [6.07, 6.45) is -0.263. The SMILES string of the molecule is O=c1ccc2nc3ccccc3n3c-2c1[C@@H]1Cc2nc4ccccc4nc2[C@H]3[C@H]1O. The maximum absolute atomic E-state index is 13.0. The third-order valence-electron chi connectivity index (χ3n) is 6.53. The summed E-state index contributed by atoms with van der Waals surface area (Å²) in [5.41, 5.74) is 7.11. The number of para-hydroxylation sites is 4. The van der Waals surface area contributed by atoms with Crippen molar-refractivity contribution in [3.63, 3.8) is 0 Å². The first-order chi connectivity index (χ1) is 14.7. The topological polar surface area (TPSA) is 80.9 Å². The lowest BCUT2D eigenvalue weighted by atomic mass is 9.74. The van der Waals surface area contributed by atoms with E-state index in [2.05, 4.69) is 4.57 Å². The first kappa shape index (κ1) is 16.2. The van der Waals surface area contributed by atoms with Crippen LogP contribution in [0.15, 0.2) is 65.5 Å². The van der Waals surface area contributed by atoms with Crippen LogP contribution in [-0.4, -0.2) is 30.7 Å². The van der Waals surface area contributed by atoms with Crippen LogP contribution in [0, 0.1) is 0 Å². The highest BCUT2D eigenvalue weighted by Crippen LogP contribution is 2.48. The molecule has 7 rings (SSSR count). The summed E-state index contributed by atoms with van der Waals surface area (Å²) in [7, 11) is 0. The lowest BCUT2D eigenvalue weighted by molar-refractivity contribution is 0.0838. The van der Waals surface area contributed by atoms with Gasteiger partial charge in [-0.05, 0) is 36.4 Å². The van der Waals surface area contributed by atoms with Crippen molar-refractivity contribution < 1.29 is 5.11 Å². The molecule has 144 valence electrons. The van der Waals surface area contributed by atoms with Crippen molar-refractivity contribution >= 4 is 22.1 Å². The van der Waals surface area contributed by atoms with Gasteiger partial charge in [-0.3, -0.25) is 4.79 Å². The van der Waals surface area contributed by atoms with Gasteiger partial charge in [0.05, 0.1) is 50.9 Å². The first-order valence-electron chi connectivity index (χ1n) is 10.1. The normalized spacial score (nSPS) is 21.8. The van der Waals surface area contributed by atoms with Gasteiger partial charge in [0.25, 0.3) is 0 Å². The fourth-order valence-electron chi connectivity index (χ4n) is 5.28. The number of nitrogens with zero attached hydrogens (tertiary/aromatic N) is 4. The molecule has 3 aromatic rings. The van der Waals surface area contributed by atoms with E-state index in [9.17, 15) is 9.90 Å². The summed E-state index contributed by atoms with van der Waals surface area (Å²) in [4.78, 5) is 27.6. The Kier molecular flexibility index (Phi) is 2.96. The molecule has 0 saturated carbocycles. The van der Waals surface area contributed by atoms with Crippen LogP contribution >= 0.6 is 0 Å². The van der Waals surface area contributed by atoms with Crippen LogP contribution in [0.3, 0.4) is 0 Å². The lowest BCUT2D eigenvalue weighted by Gasteiger charge is -2.43. The summed E-state index contributed by atoms with van der Waals surface area (Å²) in [5.74, 6) is -0.322. The number of aliphatic hydroxyl groups is 1. The van der Waals surface area contributed by atoms with Crippen LogP contribution < -0.4 is 5.43 Å². The molecule has 0 radical (unpaired) electrons. The minimum absolute atomic E-state index is 0.0620. The molecule has 2 aliphatic carbocycles. The molecule has 3 atom stereocenters. The molecule has 1 N–H and O–H groups in total. The fraction of sp³-hybridized carbons (Fsp3) is 0.167. The smallest absolute Gasteiger partial charge is 0.184 e. The molecule has 30 heavy (non-hydrogen) atoms. The summed E-state index contributed by atoms with van der Waals surface area (Å²) < 4.78 is 2.07. The van der Waals surface area contributed by atoms with Crippen molar-refractivity contribution in [2.24, 2.45) is 0 Å². The highest BCUT2D eigenvalue weighted by Gasteiger charge is 2.47. The maximum atomic E-state index is 13.0. The molecule has 2 bridgehead atoms. The van der Waals surface area contributed by atoms with E-state index >= 15 is 0 Å². The molecule has 0 fully saturated rings. The Morgan fingerprint density at radius 2 is 1.60 bits per heavy atom. The number of aromatic nitrogens is 4. The van der Waals surface area contributed by atoms with Gasteiger partial charge in [-0.2, -0.15) is 0 Å². The minimum atomic E-state index is -0.755. The Balaban J connectivity index is 1.68. The molecule has 1 aromatic heterocycles. The standard InChI is InChI=1S/C24H16N4O2/c29-19-10-9-16-22-20(19)12-11-17-21(27-14-6-2-1-5-13(14)25-17)23(24(12)30)28(22)18-8-4-3-7-15(18)26-16/h1-10,12,23-24,30H,11H2/t12-,23-,24-/m0/s1. The zero-order chi connectivity index (χ0) is 20.0. The average Bonchev–Trinajstić information content (AvgIpc) is 2.76. The molecule has 0 unspecified atom stereocenters. The van der Waals surface area contributed by atoms with E-state index in [1.807, 2.05) is 48.5 Å². The van der Waals surface area contributed by atoms with Crippen LogP contribution in [0.2, 0.25) is 0 Å². The maximum Gasteiger partial charge on any atom is 0.184 e. The number of fused-ring (bicyclic) bond motifs is 9. The molecule has 2 aromatic carbocycles. The zero-order valence-electron chi connectivity index (χ0n) is 15.9. The van der Waals surface area contributed by atoms with E-state index in [0.29, 0.717) is 12.0 Å². The van der Waals surface area contributed by atoms with E-state index in [1.165, 1.54) is 0 Å². The second-order valence-electron chi connectivity index (χ2n) is 8.11. The number of hydrogen-bond acceptors (Lipinski definition) is 5. The summed E-state index contributed by atoms with van der Waals surface area (Å²) in [6, 6.07) is 18.6. The van der Waals surface area contributed by atoms with Crippen molar-refractivity contribution in [2.75, 3.05) is 0 Å². The van der Waals surface area contributed by atoms with E-state index in [1.54, 1.807) is 12.1 Å². The number of hydrogen-bond donors (Lipinski definition) is 1. The molecule has 6 heteroatoms. The second-order valence-corrected chi connectivity index (χ2v) is 8.11. The van der Waals surface area contributed by atoms with Crippen LogP contribution in [0.1, 0.15) is 28.9 Å². The predicted octanol–water partition coefficient (Wildman–Crippen LogP) is 3.05. The Morgan fingerprint density at radius 3 is 2.43 bits per heavy atom. The van der Waals surface area contributed by atoms with E-state index in [-0.39, 0.29) is 11.3 Å². The van der Waals surface area contributed by atoms with Crippen molar-refractivity contribution in [3.05, 3.63) is 87.8 Å². The molecule has 4 aliphatic rings. The average molecular weight is 392 g/mol. The number of benzene rings is 3. The third kappa shape index (κ3) is 1.91. The van der Waals surface area contributed by atoms with Gasteiger partial charge in [-0.1, -0.05) is 24.3 Å². The highest BCUT2D eigenvalue weighted by molar-refractivity contribution is 5.83. The van der Waals surface area contributed by atoms with E-state index in [4.69, 9.17) is 15.0 Å². The van der Waals surface area contributed by atoms with Gasteiger partial charge in [0.2, 0.25) is 0 Å². The first-order valence-corrected chi connectivity index (χ1v) is 10.1. The van der Waals surface area contributed by atoms with Crippen LogP contribution in [0.25, 0.3) is 33.5 Å².